The highest BCUT2D eigenvalue weighted by atomic mass is 19.4. The second kappa shape index (κ2) is 8.96. The number of likely N-dealkylation sites (tertiary alicyclic amines) is 1. The Bertz CT molecular complexity index is 1120. The standard InChI is InChI=1S/C24H24F5N3O2/c1-12-5-15(10-30-9-12)23(34)32-11-13(2)6-20(32)22(33)31-21(14-3-4-14)16-7-19(26)17(8-18(16)25)24(27,28)29/h5,7-10,13-14,20-21H,3-4,6,11H2,1-2H3,(H,31,33)/t13-,20-,21-/m1/s1. The lowest BCUT2D eigenvalue weighted by Crippen LogP contribution is -2.47. The van der Waals surface area contributed by atoms with Gasteiger partial charge in [-0.3, -0.25) is 14.6 Å². The molecule has 4 rings (SSSR count). The van der Waals surface area contributed by atoms with E-state index in [1.165, 1.54) is 11.1 Å². The van der Waals surface area contributed by atoms with Crippen molar-refractivity contribution in [1.29, 1.82) is 0 Å². The van der Waals surface area contributed by atoms with Crippen LogP contribution in [0.1, 0.15) is 59.3 Å². The smallest absolute Gasteiger partial charge is 0.347 e. The zero-order valence-corrected chi connectivity index (χ0v) is 18.6. The molecule has 2 aliphatic rings. The average Bonchev–Trinajstić information content (AvgIpc) is 3.53. The summed E-state index contributed by atoms with van der Waals surface area (Å²) < 4.78 is 67.7. The number of carbonyl (C=O) groups is 2. The second-order valence-corrected chi connectivity index (χ2v) is 9.24. The monoisotopic (exact) mass is 481 g/mol. The highest BCUT2D eigenvalue weighted by Gasteiger charge is 2.43. The van der Waals surface area contributed by atoms with Gasteiger partial charge in [0.15, 0.2) is 0 Å². The molecular formula is C24H24F5N3O2. The van der Waals surface area contributed by atoms with E-state index in [1.54, 1.807) is 19.2 Å². The summed E-state index contributed by atoms with van der Waals surface area (Å²) in [7, 11) is 0. The quantitative estimate of drug-likeness (QED) is 0.624. The van der Waals surface area contributed by atoms with Crippen LogP contribution >= 0.6 is 0 Å². The highest BCUT2D eigenvalue weighted by molar-refractivity contribution is 5.98. The van der Waals surface area contributed by atoms with Crippen molar-refractivity contribution in [3.05, 3.63) is 64.5 Å². The van der Waals surface area contributed by atoms with Crippen LogP contribution in [0.5, 0.6) is 0 Å². The van der Waals surface area contributed by atoms with Crippen LogP contribution < -0.4 is 5.32 Å². The molecule has 182 valence electrons. The maximum atomic E-state index is 14.7. The van der Waals surface area contributed by atoms with Crippen LogP contribution in [0.25, 0.3) is 0 Å². The minimum Gasteiger partial charge on any atom is -0.347 e. The Labute approximate surface area is 193 Å². The summed E-state index contributed by atoms with van der Waals surface area (Å²) in [5, 5.41) is 2.70. The van der Waals surface area contributed by atoms with Crippen molar-refractivity contribution in [2.45, 2.75) is 51.4 Å². The Morgan fingerprint density at radius 3 is 2.44 bits per heavy atom. The van der Waals surface area contributed by atoms with Gasteiger partial charge < -0.3 is 10.2 Å². The number of hydrogen-bond acceptors (Lipinski definition) is 3. The molecule has 1 aliphatic carbocycles. The number of aryl methyl sites for hydroxylation is 1. The van der Waals surface area contributed by atoms with Crippen molar-refractivity contribution in [3.8, 4) is 0 Å². The lowest BCUT2D eigenvalue weighted by atomic mass is 9.98. The van der Waals surface area contributed by atoms with Gasteiger partial charge in [0, 0.05) is 24.5 Å². The topological polar surface area (TPSA) is 62.3 Å². The number of nitrogens with one attached hydrogen (secondary N) is 1. The molecule has 2 fully saturated rings. The molecule has 0 bridgehead atoms. The van der Waals surface area contributed by atoms with Gasteiger partial charge in [-0.25, -0.2) is 8.78 Å². The van der Waals surface area contributed by atoms with Crippen molar-refractivity contribution in [2.75, 3.05) is 6.54 Å². The summed E-state index contributed by atoms with van der Waals surface area (Å²) in [5.74, 6) is -3.94. The van der Waals surface area contributed by atoms with Crippen LogP contribution in [0.4, 0.5) is 22.0 Å². The number of aromatic nitrogens is 1. The maximum Gasteiger partial charge on any atom is 0.419 e. The number of carbonyl (C=O) groups excluding carboxylic acids is 2. The van der Waals surface area contributed by atoms with E-state index < -0.39 is 41.4 Å². The summed E-state index contributed by atoms with van der Waals surface area (Å²) in [5.41, 5.74) is -0.898. The van der Waals surface area contributed by atoms with Crippen LogP contribution in [-0.2, 0) is 11.0 Å². The number of pyridine rings is 1. The van der Waals surface area contributed by atoms with Gasteiger partial charge in [0.1, 0.15) is 17.7 Å². The van der Waals surface area contributed by atoms with E-state index in [1.807, 2.05) is 6.92 Å². The first kappa shape index (κ1) is 24.1. The van der Waals surface area contributed by atoms with Crippen LogP contribution in [0.3, 0.4) is 0 Å². The molecule has 1 N–H and O–H groups in total. The van der Waals surface area contributed by atoms with Gasteiger partial charge in [-0.05, 0) is 61.8 Å². The number of benzene rings is 1. The van der Waals surface area contributed by atoms with Gasteiger partial charge in [-0.2, -0.15) is 13.2 Å². The number of halogens is 5. The van der Waals surface area contributed by atoms with Gasteiger partial charge >= 0.3 is 6.18 Å². The van der Waals surface area contributed by atoms with E-state index in [0.29, 0.717) is 37.4 Å². The summed E-state index contributed by atoms with van der Waals surface area (Å²) >= 11 is 0. The Hall–Kier alpha value is -3.04. The van der Waals surface area contributed by atoms with Crippen molar-refractivity contribution >= 4 is 11.8 Å². The van der Waals surface area contributed by atoms with Crippen molar-refractivity contribution in [2.24, 2.45) is 11.8 Å². The highest BCUT2D eigenvalue weighted by Crippen LogP contribution is 2.43. The Morgan fingerprint density at radius 2 is 1.82 bits per heavy atom. The van der Waals surface area contributed by atoms with Crippen LogP contribution in [0.15, 0.2) is 30.6 Å². The molecule has 0 spiro atoms. The largest absolute Gasteiger partial charge is 0.419 e. The van der Waals surface area contributed by atoms with Crippen molar-refractivity contribution in [3.63, 3.8) is 0 Å². The third-order valence-electron chi connectivity index (χ3n) is 6.31. The van der Waals surface area contributed by atoms with E-state index in [4.69, 9.17) is 0 Å². The predicted octanol–water partition coefficient (Wildman–Crippen LogP) is 4.81. The molecule has 2 aromatic rings. The number of rotatable bonds is 5. The SMILES string of the molecule is Cc1cncc(C(=O)N2C[C@H](C)C[C@@H]2C(=O)N[C@@H](c2cc(F)c(C(F)(F)F)cc2F)C2CC2)c1. The third-order valence-corrected chi connectivity index (χ3v) is 6.31. The fourth-order valence-electron chi connectivity index (χ4n) is 4.50. The van der Waals surface area contributed by atoms with Crippen LogP contribution in [-0.4, -0.2) is 34.3 Å². The molecule has 5 nitrogen and oxygen atoms in total. The molecule has 0 radical (unpaired) electrons. The normalized spacial score (nSPS) is 21.4. The molecule has 34 heavy (non-hydrogen) atoms. The Kier molecular flexibility index (Phi) is 6.35. The molecule has 10 heteroatoms. The van der Waals surface area contributed by atoms with Crippen LogP contribution in [0, 0.1) is 30.4 Å². The van der Waals surface area contributed by atoms with Gasteiger partial charge in [0.2, 0.25) is 5.91 Å². The predicted molar refractivity (Wildman–Crippen MR) is 113 cm³/mol. The van der Waals surface area contributed by atoms with Crippen molar-refractivity contribution in [1.82, 2.24) is 15.2 Å². The van der Waals surface area contributed by atoms with E-state index in [0.717, 1.165) is 5.56 Å². The number of amides is 2. The molecule has 2 amide bonds. The fraction of sp³-hybridized carbons (Fsp3) is 0.458. The maximum absolute atomic E-state index is 14.7. The molecular weight excluding hydrogens is 457 g/mol. The van der Waals surface area contributed by atoms with E-state index in [-0.39, 0.29) is 29.4 Å². The zero-order valence-electron chi connectivity index (χ0n) is 18.6. The minimum absolute atomic E-state index is 0.0251. The molecule has 1 aliphatic heterocycles. The Balaban J connectivity index is 1.58. The fourth-order valence-corrected chi connectivity index (χ4v) is 4.50. The molecule has 1 aromatic carbocycles. The summed E-state index contributed by atoms with van der Waals surface area (Å²) in [6, 6.07) is 0.481. The van der Waals surface area contributed by atoms with Gasteiger partial charge in [0.25, 0.3) is 5.91 Å². The lowest BCUT2D eigenvalue weighted by Gasteiger charge is -2.27. The lowest BCUT2D eigenvalue weighted by molar-refractivity contribution is -0.140. The van der Waals surface area contributed by atoms with Crippen molar-refractivity contribution < 1.29 is 31.5 Å². The second-order valence-electron chi connectivity index (χ2n) is 9.24. The zero-order chi connectivity index (χ0) is 24.8. The molecule has 0 unspecified atom stereocenters. The van der Waals surface area contributed by atoms with Gasteiger partial charge in [0.05, 0.1) is 17.2 Å². The molecule has 1 saturated carbocycles. The summed E-state index contributed by atoms with van der Waals surface area (Å²) in [6.07, 6.45) is -0.408. The van der Waals surface area contributed by atoms with E-state index in [9.17, 15) is 31.5 Å². The third kappa shape index (κ3) is 4.90. The summed E-state index contributed by atoms with van der Waals surface area (Å²) in [4.78, 5) is 31.8. The minimum atomic E-state index is -5.03. The van der Waals surface area contributed by atoms with Gasteiger partial charge in [-0.15, -0.1) is 0 Å². The van der Waals surface area contributed by atoms with Crippen LogP contribution in [0.2, 0.25) is 0 Å². The van der Waals surface area contributed by atoms with E-state index >= 15 is 0 Å². The average molecular weight is 481 g/mol. The number of nitrogens with zero attached hydrogens (tertiary/aromatic N) is 2. The van der Waals surface area contributed by atoms with Gasteiger partial charge in [-0.1, -0.05) is 6.92 Å². The molecule has 1 aromatic heterocycles. The number of alkyl halides is 3. The number of hydrogen-bond donors (Lipinski definition) is 1. The molecule has 3 atom stereocenters. The first-order valence-electron chi connectivity index (χ1n) is 11.0. The summed E-state index contributed by atoms with van der Waals surface area (Å²) in [6.45, 7) is 4.02. The Morgan fingerprint density at radius 1 is 1.12 bits per heavy atom. The molecule has 1 saturated heterocycles. The molecule has 2 heterocycles. The first-order valence-corrected chi connectivity index (χ1v) is 11.0. The van der Waals surface area contributed by atoms with E-state index in [2.05, 4.69) is 10.3 Å². The first-order chi connectivity index (χ1) is 16.0.